The second-order valence-electron chi connectivity index (χ2n) is 7.04. The molecule has 32 heavy (non-hydrogen) atoms. The summed E-state index contributed by atoms with van der Waals surface area (Å²) >= 11 is 0. The summed E-state index contributed by atoms with van der Waals surface area (Å²) in [6, 6.07) is 5.92. The zero-order valence-electron chi connectivity index (χ0n) is 18.5. The maximum atomic E-state index is 12.5. The lowest BCUT2D eigenvalue weighted by Crippen LogP contribution is -2.23. The van der Waals surface area contributed by atoms with E-state index in [2.05, 4.69) is 26.3 Å². The van der Waals surface area contributed by atoms with E-state index in [1.54, 1.807) is 7.05 Å². The van der Waals surface area contributed by atoms with Crippen molar-refractivity contribution in [3.05, 3.63) is 42.0 Å². The van der Waals surface area contributed by atoms with E-state index in [1.807, 2.05) is 26.0 Å². The van der Waals surface area contributed by atoms with Crippen LogP contribution in [0.2, 0.25) is 0 Å². The number of ether oxygens (including phenoxy) is 2. The number of halogens is 3. The van der Waals surface area contributed by atoms with E-state index in [0.717, 1.165) is 43.2 Å². The first-order valence-electron chi connectivity index (χ1n) is 10.5. The Morgan fingerprint density at radius 2 is 1.75 bits per heavy atom. The number of alkyl halides is 3. The number of benzene rings is 1. The third-order valence-electron chi connectivity index (χ3n) is 4.66. The highest BCUT2D eigenvalue weighted by Gasteiger charge is 2.34. The van der Waals surface area contributed by atoms with Gasteiger partial charge in [0.25, 0.3) is 0 Å². The predicted octanol–water partition coefficient (Wildman–Crippen LogP) is 4.22. The predicted molar refractivity (Wildman–Crippen MR) is 115 cm³/mol. The molecule has 2 heterocycles. The van der Waals surface area contributed by atoms with Gasteiger partial charge in [0.15, 0.2) is 5.75 Å². The Morgan fingerprint density at radius 3 is 2.28 bits per heavy atom. The van der Waals surface area contributed by atoms with Crippen molar-refractivity contribution in [1.82, 2.24) is 15.3 Å². The van der Waals surface area contributed by atoms with Gasteiger partial charge in [0.1, 0.15) is 12.4 Å². The molecule has 1 aliphatic rings. The quantitative estimate of drug-likeness (QED) is 0.675. The van der Waals surface area contributed by atoms with Crippen LogP contribution >= 0.6 is 0 Å². The van der Waals surface area contributed by atoms with Gasteiger partial charge in [-0.1, -0.05) is 6.92 Å². The number of aryl methyl sites for hydroxylation is 1. The fraction of sp³-hybridized carbons (Fsp3) is 0.500. The Morgan fingerprint density at radius 1 is 1.09 bits per heavy atom. The fourth-order valence-electron chi connectivity index (χ4n) is 2.98. The molecule has 0 spiro atoms. The van der Waals surface area contributed by atoms with E-state index in [4.69, 9.17) is 9.47 Å². The van der Waals surface area contributed by atoms with Crippen molar-refractivity contribution >= 4 is 11.6 Å². The number of hydrogen-bond acceptors (Lipinski definition) is 6. The SMILES string of the molecule is CCOCC(=O)NC.CCc1cc(Oc2cnc(C(F)(F)F)nc2)cc(N2CCCC2)c1. The number of carbonyl (C=O) groups excluding carboxylic acids is 1. The monoisotopic (exact) mass is 454 g/mol. The van der Waals surface area contributed by atoms with Crippen LogP contribution in [0.5, 0.6) is 11.5 Å². The first-order chi connectivity index (χ1) is 15.3. The van der Waals surface area contributed by atoms with Gasteiger partial charge in [-0.05, 0) is 43.9 Å². The van der Waals surface area contributed by atoms with Crippen LogP contribution in [-0.4, -0.2) is 49.2 Å². The van der Waals surface area contributed by atoms with Gasteiger partial charge in [0.2, 0.25) is 11.7 Å². The van der Waals surface area contributed by atoms with Crippen molar-refractivity contribution in [2.75, 3.05) is 38.3 Å². The summed E-state index contributed by atoms with van der Waals surface area (Å²) in [7, 11) is 1.58. The van der Waals surface area contributed by atoms with Crippen LogP contribution in [-0.2, 0) is 22.1 Å². The summed E-state index contributed by atoms with van der Waals surface area (Å²) in [5.41, 5.74) is 2.19. The molecule has 1 aliphatic heterocycles. The molecule has 0 bridgehead atoms. The molecule has 1 amide bonds. The first-order valence-corrected chi connectivity index (χ1v) is 10.5. The maximum absolute atomic E-state index is 12.5. The van der Waals surface area contributed by atoms with Gasteiger partial charge in [-0.15, -0.1) is 0 Å². The van der Waals surface area contributed by atoms with Crippen molar-refractivity contribution in [3.8, 4) is 11.5 Å². The highest BCUT2D eigenvalue weighted by Crippen LogP contribution is 2.31. The molecule has 1 N–H and O–H groups in total. The van der Waals surface area contributed by atoms with Gasteiger partial charge in [0.05, 0.1) is 12.4 Å². The Kier molecular flexibility index (Phi) is 9.70. The first kappa shape index (κ1) is 25.4. The smallest absolute Gasteiger partial charge is 0.451 e. The highest BCUT2D eigenvalue weighted by molar-refractivity contribution is 5.76. The number of hydrogen-bond donors (Lipinski definition) is 1. The van der Waals surface area contributed by atoms with Gasteiger partial charge >= 0.3 is 6.18 Å². The minimum Gasteiger partial charge on any atom is -0.454 e. The molecule has 0 unspecified atom stereocenters. The number of carbonyl (C=O) groups is 1. The average Bonchev–Trinajstić information content (AvgIpc) is 3.32. The molecule has 0 aliphatic carbocycles. The molecule has 1 aromatic carbocycles. The zero-order chi connectivity index (χ0) is 23.6. The molecule has 7 nitrogen and oxygen atoms in total. The molecule has 0 atom stereocenters. The van der Waals surface area contributed by atoms with Crippen LogP contribution in [0.4, 0.5) is 18.9 Å². The summed E-state index contributed by atoms with van der Waals surface area (Å²) in [6.45, 7) is 6.68. The van der Waals surface area contributed by atoms with Crippen LogP contribution in [0.1, 0.15) is 38.1 Å². The molecular weight excluding hydrogens is 425 g/mol. The number of nitrogens with zero attached hydrogens (tertiary/aromatic N) is 3. The van der Waals surface area contributed by atoms with Crippen LogP contribution in [0.15, 0.2) is 30.6 Å². The van der Waals surface area contributed by atoms with Crippen LogP contribution in [0.3, 0.4) is 0 Å². The molecule has 0 saturated carbocycles. The van der Waals surface area contributed by atoms with Gasteiger partial charge in [-0.2, -0.15) is 13.2 Å². The van der Waals surface area contributed by atoms with E-state index >= 15 is 0 Å². The molecule has 2 aromatic rings. The fourth-order valence-corrected chi connectivity index (χ4v) is 2.98. The number of rotatable bonds is 7. The molecule has 0 radical (unpaired) electrons. The van der Waals surface area contributed by atoms with Crippen molar-refractivity contribution in [2.24, 2.45) is 0 Å². The number of anilines is 1. The third kappa shape index (κ3) is 7.99. The third-order valence-corrected chi connectivity index (χ3v) is 4.66. The summed E-state index contributed by atoms with van der Waals surface area (Å²) in [5.74, 6) is -0.481. The van der Waals surface area contributed by atoms with E-state index in [0.29, 0.717) is 12.4 Å². The zero-order valence-corrected chi connectivity index (χ0v) is 18.5. The lowest BCUT2D eigenvalue weighted by molar-refractivity contribution is -0.145. The second kappa shape index (κ2) is 12.2. The average molecular weight is 454 g/mol. The summed E-state index contributed by atoms with van der Waals surface area (Å²) in [4.78, 5) is 19.3. The minimum absolute atomic E-state index is 0.0770. The van der Waals surface area contributed by atoms with E-state index in [1.165, 1.54) is 12.8 Å². The Hall–Kier alpha value is -2.88. The highest BCUT2D eigenvalue weighted by atomic mass is 19.4. The van der Waals surface area contributed by atoms with Crippen LogP contribution in [0.25, 0.3) is 0 Å². The largest absolute Gasteiger partial charge is 0.454 e. The number of amides is 1. The lowest BCUT2D eigenvalue weighted by Gasteiger charge is -2.19. The van der Waals surface area contributed by atoms with Gasteiger partial charge < -0.3 is 19.7 Å². The molecule has 1 aromatic heterocycles. The molecule has 1 saturated heterocycles. The maximum Gasteiger partial charge on any atom is 0.451 e. The number of aromatic nitrogens is 2. The van der Waals surface area contributed by atoms with Crippen molar-refractivity contribution in [3.63, 3.8) is 0 Å². The standard InChI is InChI=1S/C17H18F3N3O.C5H11NO2/c1-2-12-7-13(23-5-3-4-6-23)9-14(8-12)24-15-10-21-16(22-11-15)17(18,19)20;1-3-8-4-5(7)6-2/h7-11H,2-6H2,1H3;3-4H2,1-2H3,(H,6,7). The summed E-state index contributed by atoms with van der Waals surface area (Å²) in [6.07, 6.45) is 0.720. The molecule has 3 rings (SSSR count). The van der Waals surface area contributed by atoms with Crippen LogP contribution < -0.4 is 15.0 Å². The Bertz CT molecular complexity index is 854. The number of nitrogens with one attached hydrogen (secondary N) is 1. The molecule has 1 fully saturated rings. The molecular formula is C22H29F3N4O3. The van der Waals surface area contributed by atoms with Gasteiger partial charge in [0, 0.05) is 38.5 Å². The Labute approximate surface area is 186 Å². The normalized spacial score (nSPS) is 13.4. The molecule has 10 heteroatoms. The van der Waals surface area contributed by atoms with Crippen molar-refractivity contribution in [2.45, 2.75) is 39.3 Å². The van der Waals surface area contributed by atoms with E-state index in [-0.39, 0.29) is 18.3 Å². The topological polar surface area (TPSA) is 76.6 Å². The number of likely N-dealkylation sites (N-methyl/N-ethyl adjacent to an activating group) is 1. The Balaban J connectivity index is 0.000000390. The van der Waals surface area contributed by atoms with Crippen molar-refractivity contribution < 1.29 is 27.4 Å². The summed E-state index contributed by atoms with van der Waals surface area (Å²) in [5, 5.41) is 2.44. The van der Waals surface area contributed by atoms with Crippen molar-refractivity contribution in [1.29, 1.82) is 0 Å². The van der Waals surface area contributed by atoms with E-state index in [9.17, 15) is 18.0 Å². The van der Waals surface area contributed by atoms with Gasteiger partial charge in [-0.3, -0.25) is 4.79 Å². The summed E-state index contributed by atoms with van der Waals surface area (Å²) < 4.78 is 47.9. The molecule has 176 valence electrons. The second-order valence-corrected chi connectivity index (χ2v) is 7.04. The van der Waals surface area contributed by atoms with Crippen LogP contribution in [0, 0.1) is 0 Å². The van der Waals surface area contributed by atoms with E-state index < -0.39 is 12.0 Å². The van der Waals surface area contributed by atoms with Gasteiger partial charge in [-0.25, -0.2) is 9.97 Å². The lowest BCUT2D eigenvalue weighted by atomic mass is 10.1. The minimum atomic E-state index is -4.55.